The molecular formula is C28H25N3O3. The van der Waals surface area contributed by atoms with Crippen LogP contribution in [0.15, 0.2) is 95.7 Å². The van der Waals surface area contributed by atoms with Crippen molar-refractivity contribution < 1.29 is 13.9 Å². The van der Waals surface area contributed by atoms with Crippen LogP contribution in [0, 0.1) is 0 Å². The minimum absolute atomic E-state index is 0.224. The molecule has 1 amide bonds. The van der Waals surface area contributed by atoms with Crippen molar-refractivity contribution in [1.82, 2.24) is 9.78 Å². The Morgan fingerprint density at radius 1 is 1.00 bits per heavy atom. The van der Waals surface area contributed by atoms with Crippen molar-refractivity contribution in [3.8, 4) is 5.75 Å². The number of rotatable bonds is 8. The van der Waals surface area contributed by atoms with Crippen LogP contribution in [-0.4, -0.2) is 15.7 Å². The largest absolute Gasteiger partial charge is 0.486 e. The Labute approximate surface area is 197 Å². The van der Waals surface area contributed by atoms with E-state index in [4.69, 9.17) is 9.15 Å². The zero-order valence-electron chi connectivity index (χ0n) is 18.9. The van der Waals surface area contributed by atoms with Crippen molar-refractivity contribution in [3.05, 3.63) is 114 Å². The van der Waals surface area contributed by atoms with Crippen molar-refractivity contribution in [2.75, 3.05) is 5.32 Å². The van der Waals surface area contributed by atoms with E-state index < -0.39 is 0 Å². The second-order valence-electron chi connectivity index (χ2n) is 8.07. The van der Waals surface area contributed by atoms with Crippen LogP contribution in [0.4, 0.5) is 5.69 Å². The van der Waals surface area contributed by atoms with Crippen LogP contribution in [0.5, 0.6) is 5.75 Å². The van der Waals surface area contributed by atoms with E-state index in [9.17, 15) is 4.79 Å². The molecule has 2 aromatic heterocycles. The lowest BCUT2D eigenvalue weighted by molar-refractivity contribution is 0.0992. The third kappa shape index (κ3) is 4.86. The standard InChI is InChI=1S/C28H25N3O3/c1-2-20-10-12-24(13-11-20)33-19-25-14-15-27(34-25)28(32)30-23-16-29-31(18-23)17-22-8-5-7-21-6-3-4-9-26(21)22/h3-16,18H,2,17,19H2,1H3,(H,30,32). The number of anilines is 1. The lowest BCUT2D eigenvalue weighted by atomic mass is 10.0. The topological polar surface area (TPSA) is 69.3 Å². The molecule has 1 N–H and O–H groups in total. The smallest absolute Gasteiger partial charge is 0.291 e. The first-order valence-electron chi connectivity index (χ1n) is 11.3. The third-order valence-corrected chi connectivity index (χ3v) is 5.70. The quantitative estimate of drug-likeness (QED) is 0.311. The predicted molar refractivity (Wildman–Crippen MR) is 132 cm³/mol. The molecule has 0 spiro atoms. The highest BCUT2D eigenvalue weighted by Crippen LogP contribution is 2.20. The highest BCUT2D eigenvalue weighted by Gasteiger charge is 2.13. The molecular weight excluding hydrogens is 426 g/mol. The Morgan fingerprint density at radius 3 is 2.68 bits per heavy atom. The highest BCUT2D eigenvalue weighted by atomic mass is 16.5. The summed E-state index contributed by atoms with van der Waals surface area (Å²) in [6.07, 6.45) is 4.43. The number of carbonyl (C=O) groups is 1. The summed E-state index contributed by atoms with van der Waals surface area (Å²) in [4.78, 5) is 12.6. The van der Waals surface area contributed by atoms with Gasteiger partial charge in [-0.1, -0.05) is 61.5 Å². The number of furan rings is 1. The van der Waals surface area contributed by atoms with Gasteiger partial charge in [-0.3, -0.25) is 9.48 Å². The maximum absolute atomic E-state index is 12.6. The zero-order chi connectivity index (χ0) is 23.3. The summed E-state index contributed by atoms with van der Waals surface area (Å²) in [5.74, 6) is 1.24. The van der Waals surface area contributed by atoms with E-state index in [1.165, 1.54) is 21.9 Å². The number of amides is 1. The Kier molecular flexibility index (Phi) is 6.12. The van der Waals surface area contributed by atoms with Crippen LogP contribution in [0.25, 0.3) is 10.8 Å². The number of aromatic nitrogens is 2. The monoisotopic (exact) mass is 451 g/mol. The molecule has 0 fully saturated rings. The predicted octanol–water partition coefficient (Wildman–Crippen LogP) is 6.07. The van der Waals surface area contributed by atoms with Crippen LogP contribution in [-0.2, 0) is 19.6 Å². The number of nitrogens with zero attached hydrogens (tertiary/aromatic N) is 2. The SMILES string of the molecule is CCc1ccc(OCc2ccc(C(=O)Nc3cnn(Cc4cccc5ccccc45)c3)o2)cc1. The van der Waals surface area contributed by atoms with Crippen molar-refractivity contribution in [1.29, 1.82) is 0 Å². The molecule has 0 saturated heterocycles. The Bertz CT molecular complexity index is 1410. The number of aryl methyl sites for hydroxylation is 1. The lowest BCUT2D eigenvalue weighted by Crippen LogP contribution is -2.10. The molecule has 6 nitrogen and oxygen atoms in total. The van der Waals surface area contributed by atoms with Gasteiger partial charge in [0.1, 0.15) is 18.1 Å². The fourth-order valence-electron chi connectivity index (χ4n) is 3.87. The van der Waals surface area contributed by atoms with Gasteiger partial charge in [0.2, 0.25) is 0 Å². The van der Waals surface area contributed by atoms with Crippen molar-refractivity contribution in [2.24, 2.45) is 0 Å². The van der Waals surface area contributed by atoms with Crippen LogP contribution < -0.4 is 10.1 Å². The fraction of sp³-hybridized carbons (Fsp3) is 0.143. The van der Waals surface area contributed by atoms with Crippen molar-refractivity contribution in [3.63, 3.8) is 0 Å². The Hall–Kier alpha value is -4.32. The molecule has 0 saturated carbocycles. The number of fused-ring (bicyclic) bond motifs is 1. The van der Waals surface area contributed by atoms with Gasteiger partial charge in [-0.2, -0.15) is 5.10 Å². The second-order valence-corrected chi connectivity index (χ2v) is 8.07. The minimum Gasteiger partial charge on any atom is -0.486 e. The van der Waals surface area contributed by atoms with E-state index in [-0.39, 0.29) is 18.3 Å². The van der Waals surface area contributed by atoms with Crippen molar-refractivity contribution in [2.45, 2.75) is 26.5 Å². The summed E-state index contributed by atoms with van der Waals surface area (Å²) >= 11 is 0. The molecule has 2 heterocycles. The van der Waals surface area contributed by atoms with Gasteiger partial charge in [-0.25, -0.2) is 0 Å². The second kappa shape index (κ2) is 9.67. The van der Waals surface area contributed by atoms with Gasteiger partial charge in [-0.05, 0) is 52.6 Å². The summed E-state index contributed by atoms with van der Waals surface area (Å²) in [7, 11) is 0. The Balaban J connectivity index is 1.19. The van der Waals surface area contributed by atoms with Crippen LogP contribution in [0.1, 0.15) is 34.4 Å². The van der Waals surface area contributed by atoms with Gasteiger partial charge in [-0.15, -0.1) is 0 Å². The zero-order valence-corrected chi connectivity index (χ0v) is 18.9. The van der Waals surface area contributed by atoms with Gasteiger partial charge in [0, 0.05) is 6.20 Å². The van der Waals surface area contributed by atoms with E-state index in [1.807, 2.05) is 53.3 Å². The number of hydrogen-bond donors (Lipinski definition) is 1. The van der Waals surface area contributed by atoms with Crippen LogP contribution >= 0.6 is 0 Å². The summed E-state index contributed by atoms with van der Waals surface area (Å²) in [5, 5.41) is 9.62. The molecule has 0 bridgehead atoms. The van der Waals surface area contributed by atoms with Gasteiger partial charge in [0.25, 0.3) is 5.91 Å². The Morgan fingerprint density at radius 2 is 1.82 bits per heavy atom. The molecule has 0 aliphatic heterocycles. The maximum atomic E-state index is 12.6. The first-order valence-corrected chi connectivity index (χ1v) is 11.3. The molecule has 34 heavy (non-hydrogen) atoms. The average Bonchev–Trinajstić information content (AvgIpc) is 3.53. The molecule has 3 aromatic carbocycles. The number of carbonyl (C=O) groups excluding carboxylic acids is 1. The molecule has 5 aromatic rings. The van der Waals surface area contributed by atoms with Gasteiger partial charge >= 0.3 is 0 Å². The highest BCUT2D eigenvalue weighted by molar-refractivity contribution is 6.02. The van der Waals surface area contributed by atoms with E-state index in [1.54, 1.807) is 18.3 Å². The maximum Gasteiger partial charge on any atom is 0.291 e. The molecule has 0 aliphatic carbocycles. The van der Waals surface area contributed by atoms with E-state index in [0.29, 0.717) is 18.0 Å². The summed E-state index contributed by atoms with van der Waals surface area (Å²) in [5.41, 5.74) is 3.03. The number of hydrogen-bond acceptors (Lipinski definition) is 4. The first-order chi connectivity index (χ1) is 16.7. The first kappa shape index (κ1) is 21.5. The fourth-order valence-corrected chi connectivity index (χ4v) is 3.87. The molecule has 6 heteroatoms. The van der Waals surface area contributed by atoms with Gasteiger partial charge in [0.15, 0.2) is 5.76 Å². The number of benzene rings is 3. The molecule has 0 unspecified atom stereocenters. The van der Waals surface area contributed by atoms with Crippen LogP contribution in [0.3, 0.4) is 0 Å². The molecule has 5 rings (SSSR count). The van der Waals surface area contributed by atoms with Gasteiger partial charge < -0.3 is 14.5 Å². The molecule has 0 aliphatic rings. The van der Waals surface area contributed by atoms with Crippen LogP contribution in [0.2, 0.25) is 0 Å². The third-order valence-electron chi connectivity index (χ3n) is 5.70. The van der Waals surface area contributed by atoms with E-state index in [0.717, 1.165) is 12.2 Å². The molecule has 0 atom stereocenters. The molecule has 170 valence electrons. The minimum atomic E-state index is -0.330. The molecule has 0 radical (unpaired) electrons. The van der Waals surface area contributed by atoms with E-state index >= 15 is 0 Å². The normalized spacial score (nSPS) is 11.0. The summed E-state index contributed by atoms with van der Waals surface area (Å²) in [6.45, 7) is 2.97. The van der Waals surface area contributed by atoms with Gasteiger partial charge in [0.05, 0.1) is 18.4 Å². The summed E-state index contributed by atoms with van der Waals surface area (Å²) < 4.78 is 13.2. The lowest BCUT2D eigenvalue weighted by Gasteiger charge is -2.06. The summed E-state index contributed by atoms with van der Waals surface area (Å²) in [6, 6.07) is 25.8. The average molecular weight is 452 g/mol. The number of ether oxygens (including phenoxy) is 1. The van der Waals surface area contributed by atoms with E-state index in [2.05, 4.69) is 41.6 Å². The number of nitrogens with one attached hydrogen (secondary N) is 1. The van der Waals surface area contributed by atoms with Crippen molar-refractivity contribution >= 4 is 22.4 Å².